The molecule has 29 heavy (non-hydrogen) atoms. The van der Waals surface area contributed by atoms with E-state index in [1.807, 2.05) is 11.1 Å². The van der Waals surface area contributed by atoms with Gasteiger partial charge in [0.05, 0.1) is 0 Å². The summed E-state index contributed by atoms with van der Waals surface area (Å²) < 4.78 is 18.9. The number of aryl methyl sites for hydroxylation is 1. The molecule has 6 heteroatoms. The third kappa shape index (κ3) is 3.16. The highest BCUT2D eigenvalue weighted by Crippen LogP contribution is 2.37. The van der Waals surface area contributed by atoms with Crippen LogP contribution in [-0.2, 0) is 12.8 Å². The molecule has 1 aromatic carbocycles. The van der Waals surface area contributed by atoms with E-state index < -0.39 is 0 Å². The van der Waals surface area contributed by atoms with Crippen molar-refractivity contribution in [2.75, 3.05) is 13.1 Å². The molecule has 5 nitrogen and oxygen atoms in total. The molecule has 0 fully saturated rings. The summed E-state index contributed by atoms with van der Waals surface area (Å²) in [4.78, 5) is 18.1. The number of benzene rings is 1. The van der Waals surface area contributed by atoms with Gasteiger partial charge in [0.15, 0.2) is 5.69 Å². The van der Waals surface area contributed by atoms with Crippen molar-refractivity contribution < 1.29 is 13.7 Å². The number of nitrogens with zero attached hydrogens (tertiary/aromatic N) is 2. The number of H-pyrrole nitrogens is 1. The van der Waals surface area contributed by atoms with Crippen molar-refractivity contribution in [3.63, 3.8) is 0 Å². The molecule has 0 unspecified atom stereocenters. The highest BCUT2D eigenvalue weighted by Gasteiger charge is 2.34. The van der Waals surface area contributed by atoms with Crippen molar-refractivity contribution in [1.82, 2.24) is 15.0 Å². The third-order valence-electron chi connectivity index (χ3n) is 6.24. The fraction of sp³-hybridized carbons (Fsp3) is 0.391. The van der Waals surface area contributed by atoms with Crippen molar-refractivity contribution in [1.29, 1.82) is 0 Å². The largest absolute Gasteiger partial charge is 0.360 e. The maximum Gasteiger partial charge on any atom is 0.276 e. The lowest BCUT2D eigenvalue weighted by Crippen LogP contribution is -2.36. The lowest BCUT2D eigenvalue weighted by molar-refractivity contribution is 0.0761. The Morgan fingerprint density at radius 3 is 2.97 bits per heavy atom. The van der Waals surface area contributed by atoms with E-state index >= 15 is 0 Å². The molecule has 0 spiro atoms. The summed E-state index contributed by atoms with van der Waals surface area (Å²) in [5, 5.41) is 5.13. The minimum Gasteiger partial charge on any atom is -0.360 e. The van der Waals surface area contributed by atoms with Crippen LogP contribution in [0.25, 0.3) is 16.5 Å². The molecular formula is C23H24FN3O2. The number of carbonyl (C=O) groups excluding carboxylic acids is 1. The predicted molar refractivity (Wildman–Crippen MR) is 109 cm³/mol. The van der Waals surface area contributed by atoms with Crippen LogP contribution >= 0.6 is 0 Å². The van der Waals surface area contributed by atoms with Crippen LogP contribution in [0.5, 0.6) is 0 Å². The number of halogens is 1. The number of hydrogen-bond donors (Lipinski definition) is 1. The Bertz CT molecular complexity index is 1140. The molecule has 3 aromatic rings. The van der Waals surface area contributed by atoms with E-state index in [-0.39, 0.29) is 17.1 Å². The maximum absolute atomic E-state index is 13.4. The predicted octanol–water partition coefficient (Wildman–Crippen LogP) is 4.74. The first kappa shape index (κ1) is 18.2. The van der Waals surface area contributed by atoms with Gasteiger partial charge in [-0.25, -0.2) is 4.39 Å². The van der Waals surface area contributed by atoms with E-state index in [1.165, 1.54) is 17.7 Å². The van der Waals surface area contributed by atoms with Gasteiger partial charge in [0.25, 0.3) is 5.91 Å². The molecule has 0 radical (unpaired) electrons. The van der Waals surface area contributed by atoms with E-state index in [1.54, 1.807) is 6.07 Å². The Kier molecular flexibility index (Phi) is 4.12. The van der Waals surface area contributed by atoms with Crippen LogP contribution in [0, 0.1) is 11.2 Å². The van der Waals surface area contributed by atoms with Crippen molar-refractivity contribution in [3.8, 4) is 0 Å². The fourth-order valence-electron chi connectivity index (χ4n) is 4.52. The number of nitrogens with one attached hydrogen (secondary N) is 1. The van der Waals surface area contributed by atoms with E-state index in [0.717, 1.165) is 53.5 Å². The first-order valence-corrected chi connectivity index (χ1v) is 10.1. The molecular weight excluding hydrogens is 369 g/mol. The van der Waals surface area contributed by atoms with Crippen LogP contribution in [0.15, 0.2) is 35.0 Å². The maximum atomic E-state index is 13.4. The van der Waals surface area contributed by atoms with Crippen molar-refractivity contribution in [2.24, 2.45) is 5.41 Å². The van der Waals surface area contributed by atoms with Crippen molar-refractivity contribution in [3.05, 3.63) is 58.9 Å². The SMILES string of the molecule is CC1(C)CCc2onc(C(=O)N3CC=C(c4c[nH]c5cc(F)ccc45)CC3)c2C1. The number of fused-ring (bicyclic) bond motifs is 2. The smallest absolute Gasteiger partial charge is 0.276 e. The molecule has 150 valence electrons. The first-order valence-electron chi connectivity index (χ1n) is 10.1. The second kappa shape index (κ2) is 6.58. The van der Waals surface area contributed by atoms with Crippen LogP contribution in [0.3, 0.4) is 0 Å². The van der Waals surface area contributed by atoms with Gasteiger partial charge < -0.3 is 14.4 Å². The zero-order chi connectivity index (χ0) is 20.2. The summed E-state index contributed by atoms with van der Waals surface area (Å²) in [7, 11) is 0. The van der Waals surface area contributed by atoms with Crippen LogP contribution in [0.4, 0.5) is 4.39 Å². The Balaban J connectivity index is 1.37. The second-order valence-corrected chi connectivity index (χ2v) is 8.90. The number of aromatic nitrogens is 2. The van der Waals surface area contributed by atoms with Gasteiger partial charge in [-0.05, 0) is 48.4 Å². The summed E-state index contributed by atoms with van der Waals surface area (Å²) in [5.74, 6) is 0.565. The lowest BCUT2D eigenvalue weighted by atomic mass is 9.76. The van der Waals surface area contributed by atoms with E-state index in [4.69, 9.17) is 4.52 Å². The normalized spacial score (nSPS) is 18.6. The average Bonchev–Trinajstić information content (AvgIpc) is 3.30. The summed E-state index contributed by atoms with van der Waals surface area (Å²) in [5.41, 5.74) is 4.67. The molecule has 2 aliphatic rings. The molecule has 0 saturated carbocycles. The second-order valence-electron chi connectivity index (χ2n) is 8.90. The summed E-state index contributed by atoms with van der Waals surface area (Å²) in [6.45, 7) is 5.61. The average molecular weight is 393 g/mol. The number of aromatic amines is 1. The van der Waals surface area contributed by atoms with Gasteiger partial charge in [0.2, 0.25) is 0 Å². The molecule has 1 aliphatic carbocycles. The standard InChI is InChI=1S/C23H24FN3O2/c1-23(2)8-5-20-17(12-23)21(26-29-20)22(28)27-9-6-14(7-10-27)18-13-25-19-11-15(24)3-4-16(18)19/h3-4,6,11,13,25H,5,7-10,12H2,1-2H3. The Labute approximate surface area is 168 Å². The molecule has 0 bridgehead atoms. The van der Waals surface area contributed by atoms with Crippen LogP contribution in [0.2, 0.25) is 0 Å². The Hall–Kier alpha value is -2.89. The van der Waals surface area contributed by atoms with Gasteiger partial charge in [0, 0.05) is 47.7 Å². The molecule has 3 heterocycles. The lowest BCUT2D eigenvalue weighted by Gasteiger charge is -2.29. The van der Waals surface area contributed by atoms with Crippen LogP contribution in [-0.4, -0.2) is 34.0 Å². The zero-order valence-corrected chi connectivity index (χ0v) is 16.7. The molecule has 1 amide bonds. The number of carbonyl (C=O) groups is 1. The number of amides is 1. The zero-order valence-electron chi connectivity index (χ0n) is 16.7. The quantitative estimate of drug-likeness (QED) is 0.684. The number of rotatable bonds is 2. The van der Waals surface area contributed by atoms with Crippen molar-refractivity contribution in [2.45, 2.75) is 39.5 Å². The topological polar surface area (TPSA) is 62.1 Å². The van der Waals surface area contributed by atoms with Crippen LogP contribution in [0.1, 0.15) is 54.1 Å². The molecule has 1 N–H and O–H groups in total. The summed E-state index contributed by atoms with van der Waals surface area (Å²) in [6.07, 6.45) is 7.48. The molecule has 2 aromatic heterocycles. The molecule has 0 atom stereocenters. The van der Waals surface area contributed by atoms with E-state index in [9.17, 15) is 9.18 Å². The Morgan fingerprint density at radius 2 is 2.17 bits per heavy atom. The third-order valence-corrected chi connectivity index (χ3v) is 6.24. The highest BCUT2D eigenvalue weighted by molar-refractivity contribution is 5.96. The fourth-order valence-corrected chi connectivity index (χ4v) is 4.52. The van der Waals surface area contributed by atoms with E-state index in [0.29, 0.717) is 18.8 Å². The monoisotopic (exact) mass is 393 g/mol. The highest BCUT2D eigenvalue weighted by atomic mass is 19.1. The number of hydrogen-bond acceptors (Lipinski definition) is 3. The van der Waals surface area contributed by atoms with Gasteiger partial charge in [-0.2, -0.15) is 0 Å². The van der Waals surface area contributed by atoms with Gasteiger partial charge in [-0.1, -0.05) is 25.1 Å². The summed E-state index contributed by atoms with van der Waals surface area (Å²) in [6, 6.07) is 4.79. The van der Waals surface area contributed by atoms with Crippen molar-refractivity contribution >= 4 is 22.4 Å². The van der Waals surface area contributed by atoms with Gasteiger partial charge in [-0.3, -0.25) is 4.79 Å². The first-order chi connectivity index (χ1) is 13.9. The van der Waals surface area contributed by atoms with Gasteiger partial charge in [0.1, 0.15) is 11.6 Å². The minimum atomic E-state index is -0.251. The summed E-state index contributed by atoms with van der Waals surface area (Å²) >= 11 is 0. The Morgan fingerprint density at radius 1 is 1.31 bits per heavy atom. The molecule has 5 rings (SSSR count). The van der Waals surface area contributed by atoms with Crippen LogP contribution < -0.4 is 0 Å². The minimum absolute atomic E-state index is 0.0519. The molecule has 0 saturated heterocycles. The van der Waals surface area contributed by atoms with E-state index in [2.05, 4.69) is 30.1 Å². The van der Waals surface area contributed by atoms with Gasteiger partial charge in [-0.15, -0.1) is 0 Å². The molecule has 1 aliphatic heterocycles. The van der Waals surface area contributed by atoms with Gasteiger partial charge >= 0.3 is 0 Å².